The highest BCUT2D eigenvalue weighted by atomic mass is 79.9. The Hall–Kier alpha value is -1.03. The van der Waals surface area contributed by atoms with Crippen molar-refractivity contribution in [1.82, 2.24) is 0 Å². The van der Waals surface area contributed by atoms with Crippen LogP contribution in [0.15, 0.2) is 22.7 Å². The zero-order valence-corrected chi connectivity index (χ0v) is 8.95. The van der Waals surface area contributed by atoms with Gasteiger partial charge < -0.3 is 9.84 Å². The summed E-state index contributed by atoms with van der Waals surface area (Å²) in [7, 11) is 0. The maximum absolute atomic E-state index is 10.7. The van der Waals surface area contributed by atoms with E-state index in [1.165, 1.54) is 0 Å². The molecule has 3 nitrogen and oxygen atoms in total. The van der Waals surface area contributed by atoms with Crippen molar-refractivity contribution >= 4 is 21.9 Å². The molecule has 0 spiro atoms. The molecule has 0 bridgehead atoms. The number of aromatic carboxylic acids is 1. The van der Waals surface area contributed by atoms with Gasteiger partial charge in [-0.25, -0.2) is 4.79 Å². The molecular weight excluding hydrogens is 248 g/mol. The molecule has 1 aliphatic carbocycles. The normalized spacial score (nSPS) is 15.2. The largest absolute Gasteiger partial charge is 0.489 e. The van der Waals surface area contributed by atoms with Crippen molar-refractivity contribution < 1.29 is 14.6 Å². The van der Waals surface area contributed by atoms with E-state index < -0.39 is 5.97 Å². The molecule has 2 rings (SSSR count). The third-order valence-corrected chi connectivity index (χ3v) is 2.65. The summed E-state index contributed by atoms with van der Waals surface area (Å²) in [5, 5.41) is 8.78. The molecule has 4 heteroatoms. The summed E-state index contributed by atoms with van der Waals surface area (Å²) in [6.07, 6.45) is 2.39. The lowest BCUT2D eigenvalue weighted by molar-refractivity contribution is 0.0696. The van der Waals surface area contributed by atoms with Gasteiger partial charge in [-0.2, -0.15) is 0 Å². The predicted octanol–water partition coefficient (Wildman–Crippen LogP) is 2.69. The Morgan fingerprint density at radius 2 is 2.21 bits per heavy atom. The fourth-order valence-corrected chi connectivity index (χ4v) is 1.43. The molecule has 0 saturated heterocycles. The average Bonchev–Trinajstić information content (AvgIpc) is 2.92. The van der Waals surface area contributed by atoms with E-state index in [1.54, 1.807) is 18.2 Å². The molecule has 0 unspecified atom stereocenters. The summed E-state index contributed by atoms with van der Waals surface area (Å²) in [6, 6.07) is 4.79. The van der Waals surface area contributed by atoms with Crippen molar-refractivity contribution in [3.8, 4) is 5.75 Å². The summed E-state index contributed by atoms with van der Waals surface area (Å²) in [5.41, 5.74) is 0.254. The lowest BCUT2D eigenvalue weighted by Gasteiger charge is -2.07. The molecule has 1 N–H and O–H groups in total. The van der Waals surface area contributed by atoms with Gasteiger partial charge in [0.1, 0.15) is 5.75 Å². The molecule has 74 valence electrons. The first-order valence-corrected chi connectivity index (χ1v) is 5.15. The van der Waals surface area contributed by atoms with Crippen LogP contribution >= 0.6 is 15.9 Å². The Balaban J connectivity index is 2.26. The van der Waals surface area contributed by atoms with Crippen molar-refractivity contribution in [2.45, 2.75) is 18.9 Å². The Bertz CT molecular complexity index is 372. The molecule has 0 amide bonds. The predicted molar refractivity (Wildman–Crippen MR) is 54.8 cm³/mol. The van der Waals surface area contributed by atoms with Gasteiger partial charge in [0.15, 0.2) is 0 Å². The molecule has 14 heavy (non-hydrogen) atoms. The standard InChI is InChI=1S/C10H9BrO3/c11-8-4-1-6(10(12)13)5-9(8)14-7-2-3-7/h1,4-5,7H,2-3H2,(H,12,13). The van der Waals surface area contributed by atoms with E-state index in [4.69, 9.17) is 9.84 Å². The SMILES string of the molecule is O=C(O)c1ccc(Br)c(OC2CC2)c1. The second-order valence-corrected chi connectivity index (χ2v) is 4.12. The maximum atomic E-state index is 10.7. The molecule has 0 atom stereocenters. The minimum atomic E-state index is -0.932. The number of rotatable bonds is 3. The minimum absolute atomic E-state index is 0.254. The van der Waals surface area contributed by atoms with Crippen molar-refractivity contribution in [2.75, 3.05) is 0 Å². The van der Waals surface area contributed by atoms with E-state index in [0.717, 1.165) is 17.3 Å². The average molecular weight is 257 g/mol. The number of carboxylic acid groups (broad SMARTS) is 1. The van der Waals surface area contributed by atoms with Gasteiger partial charge in [-0.05, 0) is 47.0 Å². The van der Waals surface area contributed by atoms with Crippen LogP contribution in [0.25, 0.3) is 0 Å². The van der Waals surface area contributed by atoms with E-state index in [2.05, 4.69) is 15.9 Å². The van der Waals surface area contributed by atoms with Crippen LogP contribution in [0.1, 0.15) is 23.2 Å². The van der Waals surface area contributed by atoms with Gasteiger partial charge in [-0.15, -0.1) is 0 Å². The van der Waals surface area contributed by atoms with Crippen molar-refractivity contribution in [1.29, 1.82) is 0 Å². The molecule has 1 saturated carbocycles. The molecule has 1 aromatic rings. The quantitative estimate of drug-likeness (QED) is 0.905. The molecule has 0 aliphatic heterocycles. The van der Waals surface area contributed by atoms with Crippen LogP contribution < -0.4 is 4.74 Å². The zero-order chi connectivity index (χ0) is 10.1. The first-order valence-electron chi connectivity index (χ1n) is 4.36. The van der Waals surface area contributed by atoms with E-state index in [1.807, 2.05) is 0 Å². The van der Waals surface area contributed by atoms with Crippen LogP contribution in [-0.2, 0) is 0 Å². The van der Waals surface area contributed by atoms with Crippen LogP contribution in [-0.4, -0.2) is 17.2 Å². The smallest absolute Gasteiger partial charge is 0.335 e. The van der Waals surface area contributed by atoms with Gasteiger partial charge in [-0.1, -0.05) is 0 Å². The van der Waals surface area contributed by atoms with Gasteiger partial charge >= 0.3 is 5.97 Å². The lowest BCUT2D eigenvalue weighted by Crippen LogP contribution is -2.00. The van der Waals surface area contributed by atoms with Crippen LogP contribution in [0, 0.1) is 0 Å². The molecule has 1 aliphatic rings. The topological polar surface area (TPSA) is 46.5 Å². The second-order valence-electron chi connectivity index (χ2n) is 3.27. The summed E-state index contributed by atoms with van der Waals surface area (Å²) in [6.45, 7) is 0. The number of benzene rings is 1. The summed E-state index contributed by atoms with van der Waals surface area (Å²) >= 11 is 3.32. The number of ether oxygens (including phenoxy) is 1. The molecular formula is C10H9BrO3. The van der Waals surface area contributed by atoms with Crippen LogP contribution in [0.5, 0.6) is 5.75 Å². The highest BCUT2D eigenvalue weighted by Crippen LogP contribution is 2.32. The monoisotopic (exact) mass is 256 g/mol. The third kappa shape index (κ3) is 2.07. The van der Waals surface area contributed by atoms with Gasteiger partial charge in [-0.3, -0.25) is 0 Å². The van der Waals surface area contributed by atoms with Crippen LogP contribution in [0.2, 0.25) is 0 Å². The van der Waals surface area contributed by atoms with E-state index in [0.29, 0.717) is 5.75 Å². The number of halogens is 1. The lowest BCUT2D eigenvalue weighted by atomic mass is 10.2. The molecule has 0 heterocycles. The summed E-state index contributed by atoms with van der Waals surface area (Å²) < 4.78 is 6.34. The molecule has 0 radical (unpaired) electrons. The van der Waals surface area contributed by atoms with Crippen molar-refractivity contribution in [3.63, 3.8) is 0 Å². The van der Waals surface area contributed by atoms with Gasteiger partial charge in [0, 0.05) is 0 Å². The summed E-state index contributed by atoms with van der Waals surface area (Å²) in [5.74, 6) is -0.314. The number of carboxylic acids is 1. The molecule has 1 fully saturated rings. The summed E-state index contributed by atoms with van der Waals surface area (Å²) in [4.78, 5) is 10.7. The van der Waals surface area contributed by atoms with E-state index in [-0.39, 0.29) is 11.7 Å². The number of hydrogen-bond acceptors (Lipinski definition) is 2. The van der Waals surface area contributed by atoms with E-state index >= 15 is 0 Å². The Morgan fingerprint density at radius 1 is 1.50 bits per heavy atom. The highest BCUT2D eigenvalue weighted by Gasteiger charge is 2.24. The maximum Gasteiger partial charge on any atom is 0.335 e. The van der Waals surface area contributed by atoms with Crippen molar-refractivity contribution in [3.05, 3.63) is 28.2 Å². The van der Waals surface area contributed by atoms with Crippen molar-refractivity contribution in [2.24, 2.45) is 0 Å². The van der Waals surface area contributed by atoms with Crippen LogP contribution in [0.3, 0.4) is 0 Å². The van der Waals surface area contributed by atoms with Crippen LogP contribution in [0.4, 0.5) is 0 Å². The zero-order valence-electron chi connectivity index (χ0n) is 7.37. The number of carbonyl (C=O) groups is 1. The second kappa shape index (κ2) is 3.61. The van der Waals surface area contributed by atoms with E-state index in [9.17, 15) is 4.79 Å². The van der Waals surface area contributed by atoms with Gasteiger partial charge in [0.2, 0.25) is 0 Å². The molecule has 1 aromatic carbocycles. The highest BCUT2D eigenvalue weighted by molar-refractivity contribution is 9.10. The minimum Gasteiger partial charge on any atom is -0.489 e. The first-order chi connectivity index (χ1) is 6.66. The Morgan fingerprint density at radius 3 is 2.79 bits per heavy atom. The van der Waals surface area contributed by atoms with Gasteiger partial charge in [0.25, 0.3) is 0 Å². The Kier molecular flexibility index (Phi) is 2.46. The number of hydrogen-bond donors (Lipinski definition) is 1. The Labute approximate surface area is 89.8 Å². The first kappa shape index (κ1) is 9.52. The van der Waals surface area contributed by atoms with Gasteiger partial charge in [0.05, 0.1) is 16.1 Å². The third-order valence-electron chi connectivity index (χ3n) is 2.00. The fourth-order valence-electron chi connectivity index (χ4n) is 1.09. The fraction of sp³-hybridized carbons (Fsp3) is 0.300. The molecule has 0 aromatic heterocycles.